The maximum Gasteiger partial charge on any atom is 0.409 e. The lowest BCUT2D eigenvalue weighted by Gasteiger charge is -2.21. The summed E-state index contributed by atoms with van der Waals surface area (Å²) in [7, 11) is 0. The van der Waals surface area contributed by atoms with Crippen LogP contribution in [0.15, 0.2) is 48.7 Å². The van der Waals surface area contributed by atoms with Crippen LogP contribution in [-0.4, -0.2) is 58.1 Å². The van der Waals surface area contributed by atoms with Gasteiger partial charge in [-0.15, -0.1) is 0 Å². The van der Waals surface area contributed by atoms with E-state index in [1.54, 1.807) is 0 Å². The molecule has 4 heterocycles. The van der Waals surface area contributed by atoms with Gasteiger partial charge in [-0.25, -0.2) is 9.78 Å². The Balaban J connectivity index is 1.31. The van der Waals surface area contributed by atoms with Crippen LogP contribution in [-0.2, 0) is 11.3 Å². The molecule has 0 N–H and O–H groups in total. The highest BCUT2D eigenvalue weighted by molar-refractivity contribution is 5.68. The number of likely N-dealkylation sites (tertiary alicyclic amines) is 2. The van der Waals surface area contributed by atoms with E-state index in [0.717, 1.165) is 56.9 Å². The van der Waals surface area contributed by atoms with Crippen molar-refractivity contribution in [1.29, 1.82) is 0 Å². The summed E-state index contributed by atoms with van der Waals surface area (Å²) in [5.41, 5.74) is 5.81. The van der Waals surface area contributed by atoms with E-state index in [4.69, 9.17) is 9.72 Å². The number of nitrogens with zero attached hydrogens (tertiary/aromatic N) is 4. The summed E-state index contributed by atoms with van der Waals surface area (Å²) >= 11 is 0. The lowest BCUT2D eigenvalue weighted by atomic mass is 10.0. The fourth-order valence-electron chi connectivity index (χ4n) is 5.43. The Morgan fingerprint density at radius 2 is 1.79 bits per heavy atom. The summed E-state index contributed by atoms with van der Waals surface area (Å²) in [6.45, 7) is 11.6. The third kappa shape index (κ3) is 4.56. The van der Waals surface area contributed by atoms with Crippen LogP contribution in [0.4, 0.5) is 4.79 Å². The first-order valence-electron chi connectivity index (χ1n) is 12.7. The summed E-state index contributed by atoms with van der Waals surface area (Å²) in [5.74, 6) is 1.56. The van der Waals surface area contributed by atoms with E-state index in [9.17, 15) is 4.79 Å². The van der Waals surface area contributed by atoms with E-state index < -0.39 is 0 Å². The Morgan fingerprint density at radius 1 is 1.06 bits per heavy atom. The van der Waals surface area contributed by atoms with Crippen molar-refractivity contribution < 1.29 is 9.53 Å². The molecule has 2 unspecified atom stereocenters. The quantitative estimate of drug-likeness (QED) is 0.442. The molecule has 6 nitrogen and oxygen atoms in total. The molecule has 6 heteroatoms. The standard InChI is InChI=1S/C28H36N4O2/c1-4-5-14-34-28(33)31-17-23-15-30(16-24(23)18-31)19-25-27(29-26-8-6-7-13-32(25)26)22-11-9-21(10-12-22)20(2)3/h6-13,20,23-24H,4-5,14-19H2,1-3H3. The summed E-state index contributed by atoms with van der Waals surface area (Å²) in [4.78, 5) is 21.8. The average molecular weight is 461 g/mol. The Bertz CT molecular complexity index is 1120. The maximum atomic E-state index is 12.4. The van der Waals surface area contributed by atoms with Crippen LogP contribution in [0.3, 0.4) is 0 Å². The lowest BCUT2D eigenvalue weighted by molar-refractivity contribution is 0.104. The number of amides is 1. The van der Waals surface area contributed by atoms with Crippen LogP contribution in [0.25, 0.3) is 16.9 Å². The minimum Gasteiger partial charge on any atom is -0.449 e. The molecule has 2 aromatic heterocycles. The van der Waals surface area contributed by atoms with Gasteiger partial charge in [0.05, 0.1) is 18.0 Å². The van der Waals surface area contributed by atoms with E-state index in [-0.39, 0.29) is 6.09 Å². The highest BCUT2D eigenvalue weighted by Crippen LogP contribution is 2.34. The van der Waals surface area contributed by atoms with Crippen molar-refractivity contribution in [2.75, 3.05) is 32.8 Å². The SMILES string of the molecule is CCCCOC(=O)N1CC2CN(Cc3c(-c4ccc(C(C)C)cc4)nc4ccccn34)CC2C1. The molecule has 0 aliphatic carbocycles. The number of fused-ring (bicyclic) bond motifs is 2. The molecule has 2 aliphatic heterocycles. The van der Waals surface area contributed by atoms with Gasteiger partial charge in [0.2, 0.25) is 0 Å². The molecule has 5 rings (SSSR count). The topological polar surface area (TPSA) is 50.1 Å². The zero-order valence-electron chi connectivity index (χ0n) is 20.6. The first kappa shape index (κ1) is 22.9. The van der Waals surface area contributed by atoms with Crippen molar-refractivity contribution in [3.63, 3.8) is 0 Å². The smallest absolute Gasteiger partial charge is 0.409 e. The molecule has 2 atom stereocenters. The highest BCUT2D eigenvalue weighted by atomic mass is 16.6. The van der Waals surface area contributed by atoms with E-state index in [2.05, 4.69) is 72.7 Å². The normalized spacial score (nSPS) is 20.4. The summed E-state index contributed by atoms with van der Waals surface area (Å²) in [6, 6.07) is 15.1. The second-order valence-electron chi connectivity index (χ2n) is 10.2. The maximum absolute atomic E-state index is 12.4. The molecule has 2 aliphatic rings. The fourth-order valence-corrected chi connectivity index (χ4v) is 5.43. The van der Waals surface area contributed by atoms with Gasteiger partial charge < -0.3 is 14.0 Å². The van der Waals surface area contributed by atoms with Crippen LogP contribution in [0.5, 0.6) is 0 Å². The molecule has 1 aromatic carbocycles. The van der Waals surface area contributed by atoms with Crippen molar-refractivity contribution >= 4 is 11.7 Å². The number of imidazole rings is 1. The molecule has 0 saturated carbocycles. The van der Waals surface area contributed by atoms with Gasteiger partial charge in [0.1, 0.15) is 5.65 Å². The number of carbonyl (C=O) groups excluding carboxylic acids is 1. The number of aromatic nitrogens is 2. The van der Waals surface area contributed by atoms with E-state index in [1.165, 1.54) is 16.8 Å². The number of hydrogen-bond acceptors (Lipinski definition) is 4. The Hall–Kier alpha value is -2.86. The monoisotopic (exact) mass is 460 g/mol. The molecule has 0 radical (unpaired) electrons. The Kier molecular flexibility index (Phi) is 6.59. The zero-order chi connectivity index (χ0) is 23.7. The predicted octanol–water partition coefficient (Wildman–Crippen LogP) is 5.43. The second-order valence-corrected chi connectivity index (χ2v) is 10.2. The van der Waals surface area contributed by atoms with E-state index >= 15 is 0 Å². The zero-order valence-corrected chi connectivity index (χ0v) is 20.6. The van der Waals surface area contributed by atoms with E-state index in [1.807, 2.05) is 11.0 Å². The van der Waals surface area contributed by atoms with Crippen LogP contribution in [0, 0.1) is 11.8 Å². The second kappa shape index (κ2) is 9.79. The number of rotatable bonds is 7. The summed E-state index contributed by atoms with van der Waals surface area (Å²) in [6.07, 6.45) is 3.96. The molecular formula is C28H36N4O2. The number of pyridine rings is 1. The molecule has 0 bridgehead atoms. The number of ether oxygens (including phenoxy) is 1. The third-order valence-electron chi connectivity index (χ3n) is 7.40. The number of hydrogen-bond donors (Lipinski definition) is 0. The van der Waals surface area contributed by atoms with E-state index in [0.29, 0.717) is 24.4 Å². The van der Waals surface area contributed by atoms with Gasteiger partial charge in [-0.2, -0.15) is 0 Å². The van der Waals surface area contributed by atoms with Gasteiger partial charge in [-0.1, -0.05) is 57.5 Å². The van der Waals surface area contributed by atoms with Gasteiger partial charge in [-0.05, 0) is 41.9 Å². The first-order chi connectivity index (χ1) is 16.5. The third-order valence-corrected chi connectivity index (χ3v) is 7.40. The molecular weight excluding hydrogens is 424 g/mol. The molecule has 2 fully saturated rings. The minimum absolute atomic E-state index is 0.136. The number of carbonyl (C=O) groups is 1. The van der Waals surface area contributed by atoms with Crippen molar-refractivity contribution in [2.24, 2.45) is 11.8 Å². The van der Waals surface area contributed by atoms with Crippen LogP contribution in [0.2, 0.25) is 0 Å². The highest BCUT2D eigenvalue weighted by Gasteiger charge is 2.42. The van der Waals surface area contributed by atoms with Crippen molar-refractivity contribution in [1.82, 2.24) is 19.2 Å². The Morgan fingerprint density at radius 3 is 2.47 bits per heavy atom. The largest absolute Gasteiger partial charge is 0.449 e. The van der Waals surface area contributed by atoms with Gasteiger partial charge >= 0.3 is 6.09 Å². The summed E-state index contributed by atoms with van der Waals surface area (Å²) in [5, 5.41) is 0. The van der Waals surface area contributed by atoms with Gasteiger partial charge in [0.15, 0.2) is 0 Å². The van der Waals surface area contributed by atoms with Crippen LogP contribution >= 0.6 is 0 Å². The number of benzene rings is 1. The van der Waals surface area contributed by atoms with Crippen molar-refractivity contribution in [2.45, 2.75) is 46.1 Å². The van der Waals surface area contributed by atoms with Gasteiger partial charge in [-0.3, -0.25) is 4.90 Å². The Labute approximate surface area is 202 Å². The first-order valence-corrected chi connectivity index (χ1v) is 12.7. The summed E-state index contributed by atoms with van der Waals surface area (Å²) < 4.78 is 7.67. The molecule has 180 valence electrons. The molecule has 34 heavy (non-hydrogen) atoms. The minimum atomic E-state index is -0.136. The number of unbranched alkanes of at least 4 members (excludes halogenated alkanes) is 1. The molecule has 2 saturated heterocycles. The molecule has 1 amide bonds. The average Bonchev–Trinajstić information content (AvgIpc) is 3.51. The lowest BCUT2D eigenvalue weighted by Crippen LogP contribution is -2.33. The molecule has 0 spiro atoms. The van der Waals surface area contributed by atoms with Crippen LogP contribution < -0.4 is 0 Å². The predicted molar refractivity (Wildman–Crippen MR) is 135 cm³/mol. The van der Waals surface area contributed by atoms with Gasteiger partial charge in [0, 0.05) is 44.5 Å². The van der Waals surface area contributed by atoms with Crippen LogP contribution in [0.1, 0.15) is 50.8 Å². The van der Waals surface area contributed by atoms with Gasteiger partial charge in [0.25, 0.3) is 0 Å². The fraction of sp³-hybridized carbons (Fsp3) is 0.500. The van der Waals surface area contributed by atoms with Crippen molar-refractivity contribution in [3.05, 3.63) is 59.9 Å². The van der Waals surface area contributed by atoms with Crippen molar-refractivity contribution in [3.8, 4) is 11.3 Å². The molecule has 3 aromatic rings.